The molecular weight excluding hydrogens is 438 g/mol. The average Bonchev–Trinajstić information content (AvgIpc) is 3.36. The number of furan rings is 1. The molecule has 33 heavy (non-hydrogen) atoms. The van der Waals surface area contributed by atoms with Crippen LogP contribution in [0.1, 0.15) is 30.2 Å². The lowest BCUT2D eigenvalue weighted by Gasteiger charge is -2.13. The van der Waals surface area contributed by atoms with Crippen LogP contribution in [0.2, 0.25) is 0 Å². The number of rotatable bonds is 6. The lowest BCUT2D eigenvalue weighted by molar-refractivity contribution is -0.385. The van der Waals surface area contributed by atoms with Gasteiger partial charge >= 0.3 is 0 Å². The van der Waals surface area contributed by atoms with Crippen LogP contribution in [0.15, 0.2) is 68.9 Å². The van der Waals surface area contributed by atoms with Gasteiger partial charge in [-0.2, -0.15) is 0 Å². The summed E-state index contributed by atoms with van der Waals surface area (Å²) < 4.78 is 5.93. The van der Waals surface area contributed by atoms with Crippen LogP contribution in [0.25, 0.3) is 17.4 Å². The van der Waals surface area contributed by atoms with Gasteiger partial charge in [0.15, 0.2) is 5.17 Å². The molecule has 168 valence electrons. The van der Waals surface area contributed by atoms with Crippen molar-refractivity contribution in [3.8, 4) is 11.3 Å². The molecule has 0 aliphatic carbocycles. The van der Waals surface area contributed by atoms with E-state index >= 15 is 0 Å². The Balaban J connectivity index is 1.64. The number of hydrogen-bond donors (Lipinski definition) is 0. The summed E-state index contributed by atoms with van der Waals surface area (Å²) >= 11 is 1.31. The van der Waals surface area contributed by atoms with E-state index in [1.807, 2.05) is 38.1 Å². The summed E-state index contributed by atoms with van der Waals surface area (Å²) in [5, 5.41) is 11.9. The van der Waals surface area contributed by atoms with Crippen LogP contribution < -0.4 is 0 Å². The minimum Gasteiger partial charge on any atom is -0.457 e. The fourth-order valence-corrected chi connectivity index (χ4v) is 4.54. The second-order valence-electron chi connectivity index (χ2n) is 7.71. The molecule has 2 aromatic carbocycles. The Hall–Kier alpha value is -3.65. The third-order valence-corrected chi connectivity index (χ3v) is 6.27. The number of aryl methyl sites for hydroxylation is 1. The first-order chi connectivity index (χ1) is 15.9. The van der Waals surface area contributed by atoms with Crippen molar-refractivity contribution in [2.24, 2.45) is 4.99 Å². The molecule has 1 amide bonds. The van der Waals surface area contributed by atoms with Crippen LogP contribution in [-0.4, -0.2) is 27.4 Å². The number of amides is 1. The number of nitrogens with zero attached hydrogens (tertiary/aromatic N) is 3. The molecule has 1 saturated heterocycles. The Bertz CT molecular complexity index is 1280. The van der Waals surface area contributed by atoms with Gasteiger partial charge in [-0.25, -0.2) is 4.99 Å². The maximum atomic E-state index is 13.0. The number of nitro groups is 1. The Morgan fingerprint density at radius 2 is 1.88 bits per heavy atom. The summed E-state index contributed by atoms with van der Waals surface area (Å²) in [4.78, 5) is 30.8. The Morgan fingerprint density at radius 3 is 2.58 bits per heavy atom. The van der Waals surface area contributed by atoms with Crippen LogP contribution in [-0.2, 0) is 4.79 Å². The standard InChI is InChI=1S/C25H23N3O4S/c1-4-14-27-24(29)23(33-25(27)26-18-10-8-16(2)9-11-18)15-19-12-13-22(32-19)20-6-5-7-21(17(20)3)28(30)31/h5-13,15H,4,14H2,1-3H3/b23-15+,26-25?. The third-order valence-electron chi connectivity index (χ3n) is 5.26. The van der Waals surface area contributed by atoms with Gasteiger partial charge in [-0.3, -0.25) is 19.8 Å². The van der Waals surface area contributed by atoms with Crippen molar-refractivity contribution in [3.63, 3.8) is 0 Å². The van der Waals surface area contributed by atoms with Gasteiger partial charge in [0.05, 0.1) is 15.5 Å². The molecule has 1 aliphatic heterocycles. The first-order valence-corrected chi connectivity index (χ1v) is 11.4. The van der Waals surface area contributed by atoms with Crippen molar-refractivity contribution in [1.29, 1.82) is 0 Å². The molecule has 3 aromatic rings. The van der Waals surface area contributed by atoms with Crippen LogP contribution in [0, 0.1) is 24.0 Å². The van der Waals surface area contributed by atoms with E-state index in [0.29, 0.717) is 39.3 Å². The molecular formula is C25H23N3O4S. The Morgan fingerprint density at radius 1 is 1.12 bits per heavy atom. The molecule has 0 N–H and O–H groups in total. The van der Waals surface area contributed by atoms with Crippen LogP contribution >= 0.6 is 11.8 Å². The number of carbonyl (C=O) groups is 1. The molecule has 7 nitrogen and oxygen atoms in total. The van der Waals surface area contributed by atoms with Gasteiger partial charge in [-0.15, -0.1) is 0 Å². The highest BCUT2D eigenvalue weighted by Crippen LogP contribution is 2.36. The minimum atomic E-state index is -0.407. The number of amidine groups is 1. The van der Waals surface area contributed by atoms with Crippen molar-refractivity contribution in [2.45, 2.75) is 27.2 Å². The maximum Gasteiger partial charge on any atom is 0.273 e. The van der Waals surface area contributed by atoms with E-state index in [1.54, 1.807) is 42.2 Å². The van der Waals surface area contributed by atoms with E-state index in [4.69, 9.17) is 4.42 Å². The summed E-state index contributed by atoms with van der Waals surface area (Å²) in [7, 11) is 0. The zero-order valence-corrected chi connectivity index (χ0v) is 19.4. The van der Waals surface area contributed by atoms with Crippen molar-refractivity contribution in [3.05, 3.63) is 86.5 Å². The largest absolute Gasteiger partial charge is 0.457 e. The average molecular weight is 462 g/mol. The quantitative estimate of drug-likeness (QED) is 0.238. The smallest absolute Gasteiger partial charge is 0.273 e. The van der Waals surface area contributed by atoms with Gasteiger partial charge in [0.25, 0.3) is 11.6 Å². The molecule has 4 rings (SSSR count). The summed E-state index contributed by atoms with van der Waals surface area (Å²) in [6.07, 6.45) is 2.51. The number of benzene rings is 2. The predicted octanol–water partition coefficient (Wildman–Crippen LogP) is 6.49. The van der Waals surface area contributed by atoms with E-state index in [-0.39, 0.29) is 11.6 Å². The van der Waals surface area contributed by atoms with E-state index in [2.05, 4.69) is 4.99 Å². The molecule has 0 spiro atoms. The minimum absolute atomic E-state index is 0.0393. The van der Waals surface area contributed by atoms with Gasteiger partial charge in [-0.1, -0.05) is 36.8 Å². The fourth-order valence-electron chi connectivity index (χ4n) is 3.53. The fraction of sp³-hybridized carbons (Fsp3) is 0.200. The second-order valence-corrected chi connectivity index (χ2v) is 8.72. The summed E-state index contributed by atoms with van der Waals surface area (Å²) in [6, 6.07) is 16.2. The van der Waals surface area contributed by atoms with Gasteiger partial charge in [0.2, 0.25) is 0 Å². The van der Waals surface area contributed by atoms with Crippen molar-refractivity contribution < 1.29 is 14.1 Å². The van der Waals surface area contributed by atoms with E-state index in [0.717, 1.165) is 17.7 Å². The zero-order chi connectivity index (χ0) is 23.5. The van der Waals surface area contributed by atoms with Crippen molar-refractivity contribution in [2.75, 3.05) is 6.54 Å². The molecule has 1 fully saturated rings. The van der Waals surface area contributed by atoms with Crippen LogP contribution in [0.3, 0.4) is 0 Å². The molecule has 0 saturated carbocycles. The lowest BCUT2D eigenvalue weighted by atomic mass is 10.1. The molecule has 0 radical (unpaired) electrons. The summed E-state index contributed by atoms with van der Waals surface area (Å²) in [5.41, 5.74) is 3.15. The normalized spacial score (nSPS) is 16.2. The lowest BCUT2D eigenvalue weighted by Crippen LogP contribution is -2.29. The maximum absolute atomic E-state index is 13.0. The molecule has 8 heteroatoms. The number of nitro benzene ring substituents is 1. The van der Waals surface area contributed by atoms with Crippen molar-refractivity contribution >= 4 is 40.3 Å². The van der Waals surface area contributed by atoms with Gasteiger partial charge in [0, 0.05) is 29.8 Å². The summed E-state index contributed by atoms with van der Waals surface area (Å²) in [5.74, 6) is 0.898. The number of carbonyl (C=O) groups excluding carboxylic acids is 1. The molecule has 0 unspecified atom stereocenters. The molecule has 1 aliphatic rings. The molecule has 2 heterocycles. The third kappa shape index (κ3) is 4.75. The first kappa shape index (κ1) is 22.5. The van der Waals surface area contributed by atoms with Crippen molar-refractivity contribution in [1.82, 2.24) is 4.90 Å². The Labute approximate surface area is 196 Å². The summed E-state index contributed by atoms with van der Waals surface area (Å²) in [6.45, 7) is 6.30. The highest BCUT2D eigenvalue weighted by molar-refractivity contribution is 8.18. The van der Waals surface area contributed by atoms with Gasteiger partial charge in [0.1, 0.15) is 11.5 Å². The predicted molar refractivity (Wildman–Crippen MR) is 131 cm³/mol. The van der Waals surface area contributed by atoms with E-state index < -0.39 is 4.92 Å². The zero-order valence-electron chi connectivity index (χ0n) is 18.6. The second kappa shape index (κ2) is 9.46. The first-order valence-electron chi connectivity index (χ1n) is 10.6. The number of thioether (sulfide) groups is 1. The Kier molecular flexibility index (Phi) is 6.46. The highest BCUT2D eigenvalue weighted by atomic mass is 32.2. The molecule has 0 bridgehead atoms. The van der Waals surface area contributed by atoms with E-state index in [1.165, 1.54) is 17.8 Å². The van der Waals surface area contributed by atoms with Crippen LogP contribution in [0.4, 0.5) is 11.4 Å². The highest BCUT2D eigenvalue weighted by Gasteiger charge is 2.33. The molecule has 0 atom stereocenters. The topological polar surface area (TPSA) is 89.0 Å². The SMILES string of the molecule is CCCN1C(=O)/C(=C\c2ccc(-c3cccc([N+](=O)[O-])c3C)o2)SC1=Nc1ccc(C)cc1. The van der Waals surface area contributed by atoms with E-state index in [9.17, 15) is 14.9 Å². The van der Waals surface area contributed by atoms with Gasteiger partial charge in [-0.05, 0) is 56.3 Å². The van der Waals surface area contributed by atoms with Crippen LogP contribution in [0.5, 0.6) is 0 Å². The van der Waals surface area contributed by atoms with Gasteiger partial charge < -0.3 is 4.42 Å². The molecule has 1 aromatic heterocycles. The monoisotopic (exact) mass is 461 g/mol. The number of hydrogen-bond acceptors (Lipinski definition) is 6. The number of aliphatic imine (C=N–C) groups is 1.